The van der Waals surface area contributed by atoms with Crippen molar-refractivity contribution in [3.05, 3.63) is 39.2 Å². The molecule has 0 fully saturated rings. The minimum atomic E-state index is -0.717. The predicted molar refractivity (Wildman–Crippen MR) is 98.5 cm³/mol. The van der Waals surface area contributed by atoms with E-state index in [-0.39, 0.29) is 5.91 Å². The molecule has 1 aromatic carbocycles. The molecule has 6 nitrogen and oxygen atoms in total. The molecular weight excluding hydrogens is 344 g/mol. The Morgan fingerprint density at radius 3 is 2.76 bits per heavy atom. The van der Waals surface area contributed by atoms with Crippen molar-refractivity contribution in [2.75, 3.05) is 27.2 Å². The first kappa shape index (κ1) is 19.3. The number of carbonyl (C=O) groups is 1. The van der Waals surface area contributed by atoms with E-state index in [1.54, 1.807) is 26.0 Å². The van der Waals surface area contributed by atoms with E-state index >= 15 is 0 Å². The zero-order valence-electron chi connectivity index (χ0n) is 14.9. The summed E-state index contributed by atoms with van der Waals surface area (Å²) in [4.78, 5) is 25.7. The van der Waals surface area contributed by atoms with Crippen LogP contribution < -0.4 is 15.7 Å². The molecule has 25 heavy (non-hydrogen) atoms. The Kier molecular flexibility index (Phi) is 6.45. The molecular formula is C18H23ClN2O4. The zero-order valence-corrected chi connectivity index (χ0v) is 15.6. The first-order valence-electron chi connectivity index (χ1n) is 8.11. The molecule has 1 amide bonds. The standard InChI is InChI=1S/C18H23ClN2O4/c1-11-8-17(22)25-15-10-16(14(19)9-13(11)15)24-12(2)18(23)20-6-5-7-21(3)4/h8-10,12H,5-7H2,1-4H3,(H,20,23). The first-order chi connectivity index (χ1) is 11.8. The van der Waals surface area contributed by atoms with Crippen LogP contribution >= 0.6 is 11.6 Å². The monoisotopic (exact) mass is 366 g/mol. The number of fused-ring (bicyclic) bond motifs is 1. The van der Waals surface area contributed by atoms with E-state index in [0.717, 1.165) is 23.9 Å². The normalized spacial score (nSPS) is 12.4. The highest BCUT2D eigenvalue weighted by Crippen LogP contribution is 2.31. The second-order valence-corrected chi connectivity index (χ2v) is 6.64. The third kappa shape index (κ3) is 5.21. The van der Waals surface area contributed by atoms with Gasteiger partial charge in [0.2, 0.25) is 0 Å². The maximum atomic E-state index is 12.1. The molecule has 2 rings (SSSR count). The summed E-state index contributed by atoms with van der Waals surface area (Å²) in [5, 5.41) is 3.92. The lowest BCUT2D eigenvalue weighted by Gasteiger charge is -2.16. The van der Waals surface area contributed by atoms with Crippen molar-refractivity contribution in [3.63, 3.8) is 0 Å². The van der Waals surface area contributed by atoms with Crippen LogP contribution in [0, 0.1) is 6.92 Å². The van der Waals surface area contributed by atoms with E-state index in [0.29, 0.717) is 22.9 Å². The molecule has 0 aliphatic carbocycles. The summed E-state index contributed by atoms with van der Waals surface area (Å²) in [5.74, 6) is 0.0828. The minimum Gasteiger partial charge on any atom is -0.479 e. The predicted octanol–water partition coefficient (Wildman–Crippen LogP) is 2.59. The summed E-state index contributed by atoms with van der Waals surface area (Å²) in [6, 6.07) is 4.62. The fourth-order valence-electron chi connectivity index (χ4n) is 2.40. The molecule has 1 unspecified atom stereocenters. The summed E-state index contributed by atoms with van der Waals surface area (Å²) in [6.45, 7) is 4.92. The van der Waals surface area contributed by atoms with Crippen LogP contribution in [0.15, 0.2) is 27.4 Å². The van der Waals surface area contributed by atoms with Crippen molar-refractivity contribution < 1.29 is 13.9 Å². The van der Waals surface area contributed by atoms with Crippen LogP contribution in [0.1, 0.15) is 18.9 Å². The van der Waals surface area contributed by atoms with Gasteiger partial charge in [-0.1, -0.05) is 11.6 Å². The molecule has 0 aliphatic heterocycles. The van der Waals surface area contributed by atoms with Crippen molar-refractivity contribution in [2.45, 2.75) is 26.4 Å². The maximum Gasteiger partial charge on any atom is 0.336 e. The number of nitrogens with one attached hydrogen (secondary N) is 1. The number of halogens is 1. The molecule has 0 bridgehead atoms. The summed E-state index contributed by atoms with van der Waals surface area (Å²) < 4.78 is 10.8. The largest absolute Gasteiger partial charge is 0.479 e. The van der Waals surface area contributed by atoms with E-state index in [2.05, 4.69) is 10.2 Å². The van der Waals surface area contributed by atoms with Crippen molar-refractivity contribution in [1.82, 2.24) is 10.2 Å². The van der Waals surface area contributed by atoms with Gasteiger partial charge in [0.1, 0.15) is 11.3 Å². The van der Waals surface area contributed by atoms with Crippen LogP contribution in [0.25, 0.3) is 11.0 Å². The van der Waals surface area contributed by atoms with Crippen LogP contribution in [0.4, 0.5) is 0 Å². The highest BCUT2D eigenvalue weighted by Gasteiger charge is 2.17. The molecule has 136 valence electrons. The number of aryl methyl sites for hydroxylation is 1. The third-order valence-electron chi connectivity index (χ3n) is 3.76. The molecule has 0 spiro atoms. The summed E-state index contributed by atoms with van der Waals surface area (Å²) in [6.07, 6.45) is 0.137. The molecule has 7 heteroatoms. The topological polar surface area (TPSA) is 71.8 Å². The van der Waals surface area contributed by atoms with Gasteiger partial charge in [-0.3, -0.25) is 4.79 Å². The van der Waals surface area contributed by atoms with E-state index in [9.17, 15) is 9.59 Å². The number of rotatable bonds is 7. The number of benzene rings is 1. The molecule has 0 saturated heterocycles. The molecule has 1 heterocycles. The highest BCUT2D eigenvalue weighted by atomic mass is 35.5. The van der Waals surface area contributed by atoms with Crippen LogP contribution in [-0.2, 0) is 4.79 Å². The molecule has 1 aromatic heterocycles. The van der Waals surface area contributed by atoms with Crippen LogP contribution in [0.2, 0.25) is 5.02 Å². The second kappa shape index (κ2) is 8.36. The smallest absolute Gasteiger partial charge is 0.336 e. The molecule has 0 saturated carbocycles. The van der Waals surface area contributed by atoms with E-state index in [1.807, 2.05) is 14.1 Å². The van der Waals surface area contributed by atoms with Crippen molar-refractivity contribution in [3.8, 4) is 5.75 Å². The molecule has 1 N–H and O–H groups in total. The highest BCUT2D eigenvalue weighted by molar-refractivity contribution is 6.32. The maximum absolute atomic E-state index is 12.1. The molecule has 2 aromatic rings. The van der Waals surface area contributed by atoms with Crippen molar-refractivity contribution in [1.29, 1.82) is 0 Å². The van der Waals surface area contributed by atoms with Crippen molar-refractivity contribution in [2.24, 2.45) is 0 Å². The fraction of sp³-hybridized carbons (Fsp3) is 0.444. The van der Waals surface area contributed by atoms with Gasteiger partial charge in [-0.15, -0.1) is 0 Å². The molecule has 0 radical (unpaired) electrons. The second-order valence-electron chi connectivity index (χ2n) is 6.24. The Morgan fingerprint density at radius 1 is 1.36 bits per heavy atom. The number of ether oxygens (including phenoxy) is 1. The zero-order chi connectivity index (χ0) is 18.6. The average molecular weight is 367 g/mol. The van der Waals surface area contributed by atoms with Crippen LogP contribution in [-0.4, -0.2) is 44.1 Å². The molecule has 0 aliphatic rings. The van der Waals surface area contributed by atoms with Gasteiger partial charge in [0.05, 0.1) is 5.02 Å². The van der Waals surface area contributed by atoms with Crippen LogP contribution in [0.5, 0.6) is 5.75 Å². The molecule has 1 atom stereocenters. The van der Waals surface area contributed by atoms with Gasteiger partial charge in [0.25, 0.3) is 5.91 Å². The van der Waals surface area contributed by atoms with Crippen LogP contribution in [0.3, 0.4) is 0 Å². The average Bonchev–Trinajstić information content (AvgIpc) is 2.52. The number of hydrogen-bond donors (Lipinski definition) is 1. The quantitative estimate of drug-likeness (QED) is 0.602. The number of carbonyl (C=O) groups excluding carboxylic acids is 1. The minimum absolute atomic E-state index is 0.222. The summed E-state index contributed by atoms with van der Waals surface area (Å²) >= 11 is 6.24. The Balaban J connectivity index is 2.07. The summed E-state index contributed by atoms with van der Waals surface area (Å²) in [7, 11) is 3.96. The third-order valence-corrected chi connectivity index (χ3v) is 4.05. The van der Waals surface area contributed by atoms with E-state index < -0.39 is 11.7 Å². The fourth-order valence-corrected chi connectivity index (χ4v) is 2.61. The lowest BCUT2D eigenvalue weighted by molar-refractivity contribution is -0.127. The first-order valence-corrected chi connectivity index (χ1v) is 8.49. The number of amides is 1. The van der Waals surface area contributed by atoms with Crippen molar-refractivity contribution >= 4 is 28.5 Å². The lowest BCUT2D eigenvalue weighted by atomic mass is 10.1. The van der Waals surface area contributed by atoms with Gasteiger partial charge in [-0.25, -0.2) is 4.79 Å². The van der Waals surface area contributed by atoms with Gasteiger partial charge in [-0.2, -0.15) is 0 Å². The number of nitrogens with zero attached hydrogens (tertiary/aromatic N) is 1. The van der Waals surface area contributed by atoms with Gasteiger partial charge in [0.15, 0.2) is 6.10 Å². The summed E-state index contributed by atoms with van der Waals surface area (Å²) in [5.41, 5.74) is 0.708. The van der Waals surface area contributed by atoms with Gasteiger partial charge in [0, 0.05) is 24.1 Å². The van der Waals surface area contributed by atoms with Gasteiger partial charge >= 0.3 is 5.63 Å². The SMILES string of the molecule is Cc1cc(=O)oc2cc(OC(C)C(=O)NCCCN(C)C)c(Cl)cc12. The Hall–Kier alpha value is -2.05. The Morgan fingerprint density at radius 2 is 2.08 bits per heavy atom. The van der Waals surface area contributed by atoms with E-state index in [1.165, 1.54) is 6.07 Å². The van der Waals surface area contributed by atoms with Gasteiger partial charge < -0.3 is 19.4 Å². The Labute approximate surface area is 151 Å². The Bertz CT molecular complexity index is 817. The number of hydrogen-bond acceptors (Lipinski definition) is 5. The van der Waals surface area contributed by atoms with Gasteiger partial charge in [-0.05, 0) is 52.5 Å². The lowest BCUT2D eigenvalue weighted by Crippen LogP contribution is -2.37. The van der Waals surface area contributed by atoms with E-state index in [4.69, 9.17) is 20.8 Å².